The lowest BCUT2D eigenvalue weighted by Gasteiger charge is -2.48. The average molecular weight is 932 g/mol. The summed E-state index contributed by atoms with van der Waals surface area (Å²) in [5.41, 5.74) is 0. The van der Waals surface area contributed by atoms with Gasteiger partial charge < -0.3 is 89.9 Å². The Bertz CT molecular complexity index is 1440. The molecule has 0 aromatic rings. The van der Waals surface area contributed by atoms with E-state index in [2.05, 4.69) is 60.8 Å². The van der Waals surface area contributed by atoms with Crippen molar-refractivity contribution in [3.8, 4) is 0 Å². The topological polar surface area (TPSA) is 307 Å². The number of aliphatic hydroxyl groups is 11. The molecule has 0 aliphatic carbocycles. The summed E-state index contributed by atoms with van der Waals surface area (Å²) < 4.78 is 33.8. The Kier molecular flexibility index (Phi) is 27.5. The smallest absolute Gasteiger partial charge is 0.220 e. The van der Waals surface area contributed by atoms with Crippen LogP contribution in [0, 0.1) is 0 Å². The van der Waals surface area contributed by atoms with Gasteiger partial charge in [-0.3, -0.25) is 4.79 Å². The molecule has 0 spiro atoms. The molecule has 19 heteroatoms. The lowest BCUT2D eigenvalue weighted by atomic mass is 9.96. The van der Waals surface area contributed by atoms with Crippen LogP contribution in [0.2, 0.25) is 0 Å². The predicted octanol–water partition coefficient (Wildman–Crippen LogP) is -0.201. The summed E-state index contributed by atoms with van der Waals surface area (Å²) in [5, 5.41) is 119. The number of allylic oxidation sites excluding steroid dienone is 10. The highest BCUT2D eigenvalue weighted by Gasteiger charge is 2.53. The van der Waals surface area contributed by atoms with E-state index in [1.54, 1.807) is 0 Å². The lowest BCUT2D eigenvalue weighted by Crippen LogP contribution is -2.66. The van der Waals surface area contributed by atoms with Crippen LogP contribution in [0.25, 0.3) is 0 Å². The third-order valence-corrected chi connectivity index (χ3v) is 11.4. The number of hydrogen-bond donors (Lipinski definition) is 12. The van der Waals surface area contributed by atoms with E-state index in [9.17, 15) is 61.0 Å². The van der Waals surface area contributed by atoms with Crippen LogP contribution >= 0.6 is 0 Å². The van der Waals surface area contributed by atoms with Gasteiger partial charge in [0, 0.05) is 6.42 Å². The second-order valence-corrected chi connectivity index (χ2v) is 16.5. The standard InChI is InChI=1S/C46H77NO18/c1-3-5-7-8-9-10-11-12-13-14-15-16-17-18-19-20-22-24-34(52)47-29(30(51)23-21-6-4-2)28-60-44-40(58)37(55)42(32(26-49)62-44)65-46-41(59)38(56)43(33(27-50)63-46)64-45-39(57)36(54)35(53)31(25-48)61-45/h5,7,9-10,12-13,15-16,18-19,29-33,35-46,48-51,53-59H,3-4,6,8,11,14,17,20-28H2,1-2H3,(H,47,52)/b7-5-,10-9-,13-12-,16-15-,19-18-. The minimum atomic E-state index is -1.98. The number of ether oxygens (including phenoxy) is 6. The Labute approximate surface area is 382 Å². The number of amides is 1. The van der Waals surface area contributed by atoms with E-state index in [0.717, 1.165) is 44.9 Å². The minimum absolute atomic E-state index is 0.181. The Morgan fingerprint density at radius 1 is 0.569 bits per heavy atom. The van der Waals surface area contributed by atoms with E-state index in [-0.39, 0.29) is 18.9 Å². The zero-order valence-corrected chi connectivity index (χ0v) is 37.7. The maximum atomic E-state index is 13.0. The maximum absolute atomic E-state index is 13.0. The molecule has 3 rings (SSSR count). The van der Waals surface area contributed by atoms with Crippen LogP contribution in [-0.4, -0.2) is 193 Å². The predicted molar refractivity (Wildman–Crippen MR) is 235 cm³/mol. The molecule has 374 valence electrons. The van der Waals surface area contributed by atoms with Crippen LogP contribution in [0.15, 0.2) is 60.8 Å². The molecule has 19 nitrogen and oxygen atoms in total. The number of rotatable bonds is 29. The highest BCUT2D eigenvalue weighted by molar-refractivity contribution is 5.76. The van der Waals surface area contributed by atoms with Gasteiger partial charge in [0.1, 0.15) is 73.2 Å². The highest BCUT2D eigenvalue weighted by Crippen LogP contribution is 2.33. The van der Waals surface area contributed by atoms with Crippen molar-refractivity contribution in [2.45, 2.75) is 195 Å². The molecule has 0 aromatic heterocycles. The molecule has 65 heavy (non-hydrogen) atoms. The van der Waals surface area contributed by atoms with Crippen molar-refractivity contribution >= 4 is 5.91 Å². The third kappa shape index (κ3) is 18.5. The van der Waals surface area contributed by atoms with Crippen molar-refractivity contribution in [3.63, 3.8) is 0 Å². The molecule has 0 radical (unpaired) electrons. The molecule has 0 aromatic carbocycles. The summed E-state index contributed by atoms with van der Waals surface area (Å²) in [7, 11) is 0. The van der Waals surface area contributed by atoms with Gasteiger partial charge in [0.05, 0.1) is 38.6 Å². The van der Waals surface area contributed by atoms with E-state index in [1.165, 1.54) is 0 Å². The largest absolute Gasteiger partial charge is 0.394 e. The van der Waals surface area contributed by atoms with E-state index in [1.807, 2.05) is 19.1 Å². The molecular weight excluding hydrogens is 854 g/mol. The third-order valence-electron chi connectivity index (χ3n) is 11.4. The fourth-order valence-corrected chi connectivity index (χ4v) is 7.46. The SMILES string of the molecule is CC/C=C\C/C=C\C/C=C\C/C=C\C/C=C\CCCC(=O)NC(COC1OC(CO)C(OC2OC(CO)C(OC3OC(CO)C(O)C(O)C3O)C(O)C2O)C(O)C1O)C(O)CCCCC. The first kappa shape index (κ1) is 56.8. The van der Waals surface area contributed by atoms with Crippen LogP contribution < -0.4 is 5.32 Å². The van der Waals surface area contributed by atoms with Gasteiger partial charge in [-0.15, -0.1) is 0 Å². The molecule has 17 unspecified atom stereocenters. The van der Waals surface area contributed by atoms with Gasteiger partial charge in [-0.05, 0) is 51.4 Å². The van der Waals surface area contributed by atoms with Crippen LogP contribution in [-0.2, 0) is 33.2 Å². The fraction of sp³-hybridized carbons (Fsp3) is 0.761. The molecule has 3 saturated heterocycles. The van der Waals surface area contributed by atoms with Gasteiger partial charge in [0.25, 0.3) is 0 Å². The summed E-state index contributed by atoms with van der Waals surface area (Å²) in [5.74, 6) is -0.317. The molecule has 3 aliphatic heterocycles. The normalized spacial score (nSPS) is 34.7. The van der Waals surface area contributed by atoms with Gasteiger partial charge in [-0.2, -0.15) is 0 Å². The van der Waals surface area contributed by atoms with Crippen molar-refractivity contribution < 1.29 is 89.4 Å². The lowest BCUT2D eigenvalue weighted by molar-refractivity contribution is -0.379. The van der Waals surface area contributed by atoms with E-state index < -0.39 is 124 Å². The van der Waals surface area contributed by atoms with Gasteiger partial charge in [-0.1, -0.05) is 93.9 Å². The van der Waals surface area contributed by atoms with Crippen LogP contribution in [0.5, 0.6) is 0 Å². The maximum Gasteiger partial charge on any atom is 0.220 e. The number of aliphatic hydroxyl groups excluding tert-OH is 11. The van der Waals surface area contributed by atoms with Crippen molar-refractivity contribution in [1.82, 2.24) is 5.32 Å². The van der Waals surface area contributed by atoms with E-state index in [4.69, 9.17) is 28.4 Å². The summed E-state index contributed by atoms with van der Waals surface area (Å²) in [6, 6.07) is -0.914. The van der Waals surface area contributed by atoms with Gasteiger partial charge in [-0.25, -0.2) is 0 Å². The molecule has 3 fully saturated rings. The van der Waals surface area contributed by atoms with E-state index in [0.29, 0.717) is 25.7 Å². The van der Waals surface area contributed by atoms with Gasteiger partial charge >= 0.3 is 0 Å². The molecule has 17 atom stereocenters. The number of hydrogen-bond acceptors (Lipinski definition) is 18. The zero-order valence-electron chi connectivity index (χ0n) is 37.7. The van der Waals surface area contributed by atoms with Crippen LogP contribution in [0.4, 0.5) is 0 Å². The van der Waals surface area contributed by atoms with Crippen molar-refractivity contribution in [3.05, 3.63) is 60.8 Å². The first-order valence-electron chi connectivity index (χ1n) is 23.0. The average Bonchev–Trinajstić information content (AvgIpc) is 3.30. The first-order chi connectivity index (χ1) is 31.3. The molecular formula is C46H77NO18. The Hall–Kier alpha value is -2.51. The Balaban J connectivity index is 1.51. The van der Waals surface area contributed by atoms with Gasteiger partial charge in [0.15, 0.2) is 18.9 Å². The Morgan fingerprint density at radius 3 is 1.54 bits per heavy atom. The van der Waals surface area contributed by atoms with Crippen molar-refractivity contribution in [1.29, 1.82) is 0 Å². The van der Waals surface area contributed by atoms with Gasteiger partial charge in [0.2, 0.25) is 5.91 Å². The number of unbranched alkanes of at least 4 members (excludes halogenated alkanes) is 3. The van der Waals surface area contributed by atoms with Crippen LogP contribution in [0.3, 0.4) is 0 Å². The minimum Gasteiger partial charge on any atom is -0.394 e. The van der Waals surface area contributed by atoms with Crippen molar-refractivity contribution in [2.75, 3.05) is 26.4 Å². The first-order valence-corrected chi connectivity index (χ1v) is 23.0. The second-order valence-electron chi connectivity index (χ2n) is 16.5. The highest BCUT2D eigenvalue weighted by atomic mass is 16.8. The monoisotopic (exact) mass is 932 g/mol. The summed E-state index contributed by atoms with van der Waals surface area (Å²) in [6.07, 6.45) is 3.26. The molecule has 0 bridgehead atoms. The Morgan fingerprint density at radius 2 is 1.03 bits per heavy atom. The summed E-state index contributed by atoms with van der Waals surface area (Å²) in [6.45, 7) is 1.37. The molecule has 3 heterocycles. The molecule has 12 N–H and O–H groups in total. The summed E-state index contributed by atoms with van der Waals surface area (Å²) >= 11 is 0. The molecule has 3 aliphatic rings. The van der Waals surface area contributed by atoms with E-state index >= 15 is 0 Å². The molecule has 0 saturated carbocycles. The van der Waals surface area contributed by atoms with Crippen LogP contribution in [0.1, 0.15) is 90.9 Å². The second kappa shape index (κ2) is 31.5. The fourth-order valence-electron chi connectivity index (χ4n) is 7.46. The summed E-state index contributed by atoms with van der Waals surface area (Å²) in [4.78, 5) is 13.0. The van der Waals surface area contributed by atoms with Crippen molar-refractivity contribution in [2.24, 2.45) is 0 Å². The molecule has 1 amide bonds. The number of nitrogens with one attached hydrogen (secondary N) is 1. The zero-order chi connectivity index (χ0) is 47.7. The number of carbonyl (C=O) groups is 1. The number of carbonyl (C=O) groups excluding carboxylic acids is 1. The quantitative estimate of drug-likeness (QED) is 0.0341.